The van der Waals surface area contributed by atoms with Gasteiger partial charge in [-0.3, -0.25) is 4.79 Å². The molecule has 0 aliphatic rings. The largest absolute Gasteiger partial charge is 0.465 e. The van der Waals surface area contributed by atoms with Crippen LogP contribution in [0.3, 0.4) is 0 Å². The lowest BCUT2D eigenvalue weighted by Crippen LogP contribution is -2.14. The monoisotopic (exact) mass is 357 g/mol. The smallest absolute Gasteiger partial charge is 0.350 e. The molecular weight excluding hydrogens is 349 g/mol. The first kappa shape index (κ1) is 14.7. The van der Waals surface area contributed by atoms with Gasteiger partial charge in [0.2, 0.25) is 0 Å². The van der Waals surface area contributed by atoms with Crippen LogP contribution in [0.25, 0.3) is 0 Å². The van der Waals surface area contributed by atoms with Gasteiger partial charge in [0, 0.05) is 10.0 Å². The number of carbonyl (C=O) groups excluding carboxylic acids is 2. The van der Waals surface area contributed by atoms with Crippen LogP contribution in [0, 0.1) is 5.82 Å². The van der Waals surface area contributed by atoms with Crippen molar-refractivity contribution < 1.29 is 18.7 Å². The number of amides is 1. The van der Waals surface area contributed by atoms with Gasteiger partial charge in [0.25, 0.3) is 5.91 Å². The van der Waals surface area contributed by atoms with Crippen molar-refractivity contribution in [3.63, 3.8) is 0 Å². The standard InChI is InChI=1S/C13H9BrFNO3S/c1-19-13(18)11-10(2-3-20-11)16-12(17)7-4-8(14)6-9(15)5-7/h2-6H,1H3,(H,16,17). The van der Waals surface area contributed by atoms with E-state index in [-0.39, 0.29) is 10.4 Å². The van der Waals surface area contributed by atoms with E-state index < -0.39 is 17.7 Å². The zero-order valence-electron chi connectivity index (χ0n) is 10.3. The van der Waals surface area contributed by atoms with E-state index in [1.807, 2.05) is 0 Å². The van der Waals surface area contributed by atoms with E-state index in [4.69, 9.17) is 0 Å². The first-order valence-corrected chi connectivity index (χ1v) is 7.12. The van der Waals surface area contributed by atoms with Crippen molar-refractivity contribution in [2.75, 3.05) is 12.4 Å². The molecule has 0 saturated heterocycles. The van der Waals surface area contributed by atoms with Gasteiger partial charge < -0.3 is 10.1 Å². The molecule has 0 aliphatic heterocycles. The zero-order valence-corrected chi connectivity index (χ0v) is 12.7. The summed E-state index contributed by atoms with van der Waals surface area (Å²) in [7, 11) is 1.26. The highest BCUT2D eigenvalue weighted by molar-refractivity contribution is 9.10. The Morgan fingerprint density at radius 3 is 2.75 bits per heavy atom. The summed E-state index contributed by atoms with van der Waals surface area (Å²) >= 11 is 4.27. The SMILES string of the molecule is COC(=O)c1sccc1NC(=O)c1cc(F)cc(Br)c1. The van der Waals surface area contributed by atoms with Crippen LogP contribution >= 0.6 is 27.3 Å². The molecule has 20 heavy (non-hydrogen) atoms. The topological polar surface area (TPSA) is 55.4 Å². The maximum absolute atomic E-state index is 13.2. The van der Waals surface area contributed by atoms with Gasteiger partial charge in [0.1, 0.15) is 10.7 Å². The molecule has 1 heterocycles. The molecule has 2 aromatic rings. The minimum absolute atomic E-state index is 0.152. The minimum Gasteiger partial charge on any atom is -0.465 e. The highest BCUT2D eigenvalue weighted by Crippen LogP contribution is 2.24. The highest BCUT2D eigenvalue weighted by atomic mass is 79.9. The normalized spacial score (nSPS) is 10.2. The Bertz CT molecular complexity index is 651. The van der Waals surface area contributed by atoms with Crippen LogP contribution in [-0.2, 0) is 4.74 Å². The molecule has 1 aromatic carbocycles. The number of anilines is 1. The molecule has 1 amide bonds. The number of carbonyl (C=O) groups is 2. The second kappa shape index (κ2) is 6.15. The Balaban J connectivity index is 2.24. The number of hydrogen-bond acceptors (Lipinski definition) is 4. The van der Waals surface area contributed by atoms with Crippen LogP contribution in [-0.4, -0.2) is 19.0 Å². The Kier molecular flexibility index (Phi) is 4.51. The molecule has 0 spiro atoms. The van der Waals surface area contributed by atoms with Gasteiger partial charge in [0.05, 0.1) is 12.8 Å². The molecule has 4 nitrogen and oxygen atoms in total. The van der Waals surface area contributed by atoms with Crippen molar-refractivity contribution in [1.82, 2.24) is 0 Å². The van der Waals surface area contributed by atoms with Crippen LogP contribution in [0.5, 0.6) is 0 Å². The van der Waals surface area contributed by atoms with Gasteiger partial charge in [-0.25, -0.2) is 9.18 Å². The van der Waals surface area contributed by atoms with E-state index in [0.29, 0.717) is 10.2 Å². The number of nitrogens with one attached hydrogen (secondary N) is 1. The average molecular weight is 358 g/mol. The third-order valence-corrected chi connectivity index (χ3v) is 3.76. The molecule has 0 fully saturated rings. The quantitative estimate of drug-likeness (QED) is 0.852. The summed E-state index contributed by atoms with van der Waals surface area (Å²) in [5, 5.41) is 4.22. The maximum atomic E-state index is 13.2. The number of esters is 1. The molecule has 1 aromatic heterocycles. The van der Waals surface area contributed by atoms with Crippen molar-refractivity contribution in [1.29, 1.82) is 0 Å². The number of halogens is 2. The molecule has 0 aliphatic carbocycles. The highest BCUT2D eigenvalue weighted by Gasteiger charge is 2.16. The average Bonchev–Trinajstić information content (AvgIpc) is 2.84. The van der Waals surface area contributed by atoms with Gasteiger partial charge in [-0.2, -0.15) is 0 Å². The van der Waals surface area contributed by atoms with Gasteiger partial charge in [-0.1, -0.05) is 15.9 Å². The fourth-order valence-corrected chi connectivity index (χ4v) is 2.77. The molecule has 104 valence electrons. The number of hydrogen-bond donors (Lipinski definition) is 1. The Morgan fingerprint density at radius 2 is 2.10 bits per heavy atom. The lowest BCUT2D eigenvalue weighted by molar-refractivity contribution is 0.0607. The molecule has 0 unspecified atom stereocenters. The van der Waals surface area contributed by atoms with Gasteiger partial charge >= 0.3 is 5.97 Å². The fourth-order valence-electron chi connectivity index (χ4n) is 1.54. The van der Waals surface area contributed by atoms with Crippen molar-refractivity contribution in [3.8, 4) is 0 Å². The van der Waals surface area contributed by atoms with Crippen molar-refractivity contribution in [3.05, 3.63) is 50.4 Å². The molecule has 2 rings (SSSR count). The fraction of sp³-hybridized carbons (Fsp3) is 0.0769. The lowest BCUT2D eigenvalue weighted by atomic mass is 10.2. The third kappa shape index (κ3) is 3.23. The molecule has 0 bridgehead atoms. The first-order chi connectivity index (χ1) is 9.51. The maximum Gasteiger partial charge on any atom is 0.350 e. The van der Waals surface area contributed by atoms with Crippen molar-refractivity contribution >= 4 is 44.8 Å². The summed E-state index contributed by atoms with van der Waals surface area (Å²) in [5.74, 6) is -1.56. The van der Waals surface area contributed by atoms with Gasteiger partial charge in [-0.05, 0) is 29.6 Å². The molecule has 0 radical (unpaired) electrons. The number of ether oxygens (including phenoxy) is 1. The summed E-state index contributed by atoms with van der Waals surface area (Å²) in [6.45, 7) is 0. The van der Waals surface area contributed by atoms with Crippen molar-refractivity contribution in [2.24, 2.45) is 0 Å². The number of methoxy groups -OCH3 is 1. The van der Waals surface area contributed by atoms with Crippen LogP contribution in [0.2, 0.25) is 0 Å². The minimum atomic E-state index is -0.532. The number of benzene rings is 1. The van der Waals surface area contributed by atoms with Gasteiger partial charge in [-0.15, -0.1) is 11.3 Å². The van der Waals surface area contributed by atoms with Crippen LogP contribution < -0.4 is 5.32 Å². The summed E-state index contributed by atoms with van der Waals surface area (Å²) in [6, 6.07) is 5.44. The van der Waals surface area contributed by atoms with E-state index in [0.717, 1.165) is 17.4 Å². The molecular formula is C13H9BrFNO3S. The Morgan fingerprint density at radius 1 is 1.35 bits per heavy atom. The van der Waals surface area contributed by atoms with E-state index in [2.05, 4.69) is 26.0 Å². The number of rotatable bonds is 3. The van der Waals surface area contributed by atoms with Crippen molar-refractivity contribution in [2.45, 2.75) is 0 Å². The van der Waals surface area contributed by atoms with Crippen LogP contribution in [0.4, 0.5) is 10.1 Å². The second-order valence-corrected chi connectivity index (χ2v) is 5.60. The third-order valence-electron chi connectivity index (χ3n) is 2.41. The summed E-state index contributed by atoms with van der Waals surface area (Å²) < 4.78 is 18.3. The van der Waals surface area contributed by atoms with E-state index in [1.165, 1.54) is 19.2 Å². The van der Waals surface area contributed by atoms with Crippen LogP contribution in [0.15, 0.2) is 34.1 Å². The van der Waals surface area contributed by atoms with Gasteiger partial charge in [0.15, 0.2) is 0 Å². The molecule has 0 saturated carbocycles. The summed E-state index contributed by atoms with van der Waals surface area (Å²) in [5.41, 5.74) is 0.492. The van der Waals surface area contributed by atoms with E-state index in [1.54, 1.807) is 11.4 Å². The van der Waals surface area contributed by atoms with Crippen LogP contribution in [0.1, 0.15) is 20.0 Å². The second-order valence-electron chi connectivity index (χ2n) is 3.77. The molecule has 7 heteroatoms. The predicted octanol–water partition coefficient (Wildman–Crippen LogP) is 3.69. The zero-order chi connectivity index (χ0) is 14.7. The predicted molar refractivity (Wildman–Crippen MR) is 77.7 cm³/mol. The summed E-state index contributed by atoms with van der Waals surface area (Å²) in [4.78, 5) is 23.8. The molecule has 1 N–H and O–H groups in total. The summed E-state index contributed by atoms with van der Waals surface area (Å²) in [6.07, 6.45) is 0. The Hall–Kier alpha value is -1.73. The first-order valence-electron chi connectivity index (χ1n) is 5.44. The van der Waals surface area contributed by atoms with E-state index >= 15 is 0 Å². The lowest BCUT2D eigenvalue weighted by Gasteiger charge is -2.06. The number of thiophene rings is 1. The molecule has 0 atom stereocenters. The Labute approximate surface area is 126 Å². The van der Waals surface area contributed by atoms with E-state index in [9.17, 15) is 14.0 Å².